The number of aliphatic hydroxyl groups is 3. The van der Waals surface area contributed by atoms with E-state index in [-0.39, 0.29) is 34.9 Å². The van der Waals surface area contributed by atoms with Crippen LogP contribution in [0.25, 0.3) is 0 Å². The van der Waals surface area contributed by atoms with E-state index < -0.39 is 6.10 Å². The zero-order chi connectivity index (χ0) is 26.5. The molecule has 6 nitrogen and oxygen atoms in total. The number of benzene rings is 1. The molecule has 6 heteroatoms. The Morgan fingerprint density at radius 2 is 1.78 bits per heavy atom. The summed E-state index contributed by atoms with van der Waals surface area (Å²) >= 11 is 0. The number of hydrogen-bond acceptors (Lipinski definition) is 5. The smallest absolute Gasteiger partial charge is 0.224 e. The fourth-order valence-electron chi connectivity index (χ4n) is 9.59. The van der Waals surface area contributed by atoms with Crippen LogP contribution in [0.5, 0.6) is 5.75 Å². The fourth-order valence-corrected chi connectivity index (χ4v) is 9.59. The monoisotopic (exact) mass is 513 g/mol. The van der Waals surface area contributed by atoms with Gasteiger partial charge in [0.25, 0.3) is 0 Å². The maximum atomic E-state index is 12.7. The van der Waals surface area contributed by atoms with Crippen LogP contribution in [0.2, 0.25) is 0 Å². The summed E-state index contributed by atoms with van der Waals surface area (Å²) in [4.78, 5) is 12.7. The predicted molar refractivity (Wildman–Crippen MR) is 144 cm³/mol. The van der Waals surface area contributed by atoms with Gasteiger partial charge in [-0.25, -0.2) is 0 Å². The molecule has 206 valence electrons. The van der Waals surface area contributed by atoms with Crippen LogP contribution < -0.4 is 10.1 Å². The minimum absolute atomic E-state index is 0.0159. The van der Waals surface area contributed by atoms with Crippen LogP contribution in [0.1, 0.15) is 78.6 Å². The van der Waals surface area contributed by atoms with Gasteiger partial charge in [0.1, 0.15) is 5.75 Å². The van der Waals surface area contributed by atoms with Gasteiger partial charge in [-0.05, 0) is 122 Å². The maximum Gasteiger partial charge on any atom is 0.224 e. The van der Waals surface area contributed by atoms with Crippen molar-refractivity contribution in [1.82, 2.24) is 0 Å². The standard InChI is InChI=1S/C31H47NO5/c1-18(5-12-28(36)32-20-6-8-22(37-4)9-7-20)23-10-11-24-29-25(17-27(35)31(23,24)3)30(2)14-13-21(33)15-19(30)16-26(29)34/h6-9,18-19,21,23-27,29,33-35H,5,10-17H2,1-4H3,(H,32,36)/t18-,19+,21-,23-,24+,25+,26-,27+,29+,30+,31-/m1/s1. The largest absolute Gasteiger partial charge is 0.497 e. The number of hydrogen-bond donors (Lipinski definition) is 4. The minimum atomic E-state index is -0.392. The highest BCUT2D eigenvalue weighted by atomic mass is 16.5. The molecule has 4 aliphatic rings. The summed E-state index contributed by atoms with van der Waals surface area (Å²) in [6.07, 6.45) is 6.48. The van der Waals surface area contributed by atoms with Gasteiger partial charge >= 0.3 is 0 Å². The van der Waals surface area contributed by atoms with Crippen LogP contribution in [0.3, 0.4) is 0 Å². The topological polar surface area (TPSA) is 99.0 Å². The minimum Gasteiger partial charge on any atom is -0.497 e. The van der Waals surface area contributed by atoms with Crippen molar-refractivity contribution in [3.8, 4) is 5.75 Å². The predicted octanol–water partition coefficient (Wildman–Crippen LogP) is 5.01. The molecule has 1 amide bonds. The van der Waals surface area contributed by atoms with Gasteiger partial charge in [0.15, 0.2) is 0 Å². The molecule has 0 heterocycles. The molecule has 5 rings (SSSR count). The molecule has 0 aromatic heterocycles. The molecule has 4 fully saturated rings. The van der Waals surface area contributed by atoms with E-state index in [9.17, 15) is 20.1 Å². The summed E-state index contributed by atoms with van der Waals surface area (Å²) in [5, 5.41) is 36.5. The van der Waals surface area contributed by atoms with Gasteiger partial charge in [0.05, 0.1) is 25.4 Å². The highest BCUT2D eigenvalue weighted by Gasteiger charge is 2.65. The van der Waals surface area contributed by atoms with E-state index in [1.54, 1.807) is 7.11 Å². The van der Waals surface area contributed by atoms with Gasteiger partial charge < -0.3 is 25.4 Å². The van der Waals surface area contributed by atoms with Crippen LogP contribution in [0.15, 0.2) is 24.3 Å². The van der Waals surface area contributed by atoms with Crippen LogP contribution in [0.4, 0.5) is 5.69 Å². The number of amides is 1. The second kappa shape index (κ2) is 10.2. The number of aliphatic hydroxyl groups excluding tert-OH is 3. The van der Waals surface area contributed by atoms with Crippen molar-refractivity contribution in [2.75, 3.05) is 12.4 Å². The number of carbonyl (C=O) groups excluding carboxylic acids is 1. The molecule has 0 spiro atoms. The lowest BCUT2D eigenvalue weighted by atomic mass is 9.43. The Morgan fingerprint density at radius 3 is 2.49 bits per heavy atom. The molecule has 0 radical (unpaired) electrons. The zero-order valence-corrected chi connectivity index (χ0v) is 23.0. The Morgan fingerprint density at radius 1 is 1.05 bits per heavy atom. The van der Waals surface area contributed by atoms with Gasteiger partial charge in [-0.2, -0.15) is 0 Å². The Bertz CT molecular complexity index is 967. The first-order valence-corrected chi connectivity index (χ1v) is 14.6. The molecule has 4 aliphatic carbocycles. The van der Waals surface area contributed by atoms with Crippen molar-refractivity contribution in [2.24, 2.45) is 46.3 Å². The molecule has 4 saturated carbocycles. The van der Waals surface area contributed by atoms with Crippen molar-refractivity contribution in [3.05, 3.63) is 24.3 Å². The summed E-state index contributed by atoms with van der Waals surface area (Å²) in [5.41, 5.74) is 0.633. The second-order valence-corrected chi connectivity index (χ2v) is 13.3. The lowest BCUT2D eigenvalue weighted by Gasteiger charge is -2.63. The van der Waals surface area contributed by atoms with Gasteiger partial charge in [-0.1, -0.05) is 20.8 Å². The lowest BCUT2D eigenvalue weighted by Crippen LogP contribution is -2.62. The second-order valence-electron chi connectivity index (χ2n) is 13.3. The van der Waals surface area contributed by atoms with Gasteiger partial charge in [0.2, 0.25) is 5.91 Å². The Balaban J connectivity index is 1.26. The summed E-state index contributed by atoms with van der Waals surface area (Å²) in [5.74, 6) is 2.61. The highest BCUT2D eigenvalue weighted by Crippen LogP contribution is 2.68. The maximum absolute atomic E-state index is 12.7. The van der Waals surface area contributed by atoms with E-state index in [0.717, 1.165) is 62.8 Å². The van der Waals surface area contributed by atoms with Crippen molar-refractivity contribution in [1.29, 1.82) is 0 Å². The number of rotatable bonds is 6. The van der Waals surface area contributed by atoms with Gasteiger partial charge in [-0.3, -0.25) is 4.79 Å². The summed E-state index contributed by atoms with van der Waals surface area (Å²) in [6.45, 7) is 6.89. The number of carbonyl (C=O) groups is 1. The van der Waals surface area contributed by atoms with Crippen molar-refractivity contribution in [3.63, 3.8) is 0 Å². The van der Waals surface area contributed by atoms with Gasteiger partial charge in [-0.15, -0.1) is 0 Å². The quantitative estimate of drug-likeness (QED) is 0.429. The Hall–Kier alpha value is -1.63. The number of methoxy groups -OCH3 is 1. The van der Waals surface area contributed by atoms with E-state index >= 15 is 0 Å². The highest BCUT2D eigenvalue weighted by molar-refractivity contribution is 5.90. The molecule has 0 saturated heterocycles. The van der Waals surface area contributed by atoms with E-state index in [4.69, 9.17) is 4.74 Å². The summed E-state index contributed by atoms with van der Waals surface area (Å²) in [7, 11) is 1.62. The normalized spacial score (nSPS) is 43.8. The Kier molecular flexibility index (Phi) is 7.40. The lowest BCUT2D eigenvalue weighted by molar-refractivity contribution is -0.207. The van der Waals surface area contributed by atoms with Crippen molar-refractivity contribution >= 4 is 11.6 Å². The number of nitrogens with one attached hydrogen (secondary N) is 1. The molecule has 37 heavy (non-hydrogen) atoms. The van der Waals surface area contributed by atoms with E-state index in [0.29, 0.717) is 36.0 Å². The van der Waals surface area contributed by atoms with Crippen LogP contribution in [-0.2, 0) is 4.79 Å². The first-order chi connectivity index (χ1) is 17.6. The first kappa shape index (κ1) is 27.0. The van der Waals surface area contributed by atoms with Crippen molar-refractivity contribution in [2.45, 2.75) is 96.9 Å². The molecule has 0 unspecified atom stereocenters. The molecule has 1 aromatic rings. The van der Waals surface area contributed by atoms with Crippen LogP contribution in [0, 0.1) is 46.3 Å². The fraction of sp³-hybridized carbons (Fsp3) is 0.774. The average Bonchev–Trinajstić information content (AvgIpc) is 3.23. The zero-order valence-electron chi connectivity index (χ0n) is 23.0. The summed E-state index contributed by atoms with van der Waals surface area (Å²) in [6, 6.07) is 7.39. The third-order valence-electron chi connectivity index (χ3n) is 11.7. The number of anilines is 1. The van der Waals surface area contributed by atoms with Gasteiger partial charge in [0, 0.05) is 12.1 Å². The van der Waals surface area contributed by atoms with Crippen LogP contribution in [-0.4, -0.2) is 46.6 Å². The first-order valence-electron chi connectivity index (χ1n) is 14.6. The third-order valence-corrected chi connectivity index (χ3v) is 11.7. The molecule has 4 N–H and O–H groups in total. The molecule has 0 bridgehead atoms. The number of ether oxygens (including phenoxy) is 1. The van der Waals surface area contributed by atoms with E-state index in [1.807, 2.05) is 24.3 Å². The molecule has 11 atom stereocenters. The van der Waals surface area contributed by atoms with E-state index in [1.165, 1.54) is 0 Å². The third kappa shape index (κ3) is 4.61. The average molecular weight is 514 g/mol. The van der Waals surface area contributed by atoms with E-state index in [2.05, 4.69) is 26.1 Å². The Labute approximate surface area is 222 Å². The molecular weight excluding hydrogens is 466 g/mol. The molecule has 1 aromatic carbocycles. The molecular formula is C31H47NO5. The molecule has 0 aliphatic heterocycles. The SMILES string of the molecule is COc1ccc(NC(=O)CC[C@@H](C)[C@H]2CC[C@H]3[C@@H]4[C@H](O)C[C@@H]5C[C@H](O)CC[C@]5(C)[C@H]4C[C@H](O)[C@]23C)cc1. The number of fused-ring (bicyclic) bond motifs is 5. The summed E-state index contributed by atoms with van der Waals surface area (Å²) < 4.78 is 5.19. The van der Waals surface area contributed by atoms with Crippen molar-refractivity contribution < 1.29 is 24.9 Å². The van der Waals surface area contributed by atoms with Crippen LogP contribution >= 0.6 is 0 Å².